The van der Waals surface area contributed by atoms with Crippen LogP contribution in [-0.4, -0.2) is 46.4 Å². The molecule has 3 rings (SSSR count). The van der Waals surface area contributed by atoms with Crippen LogP contribution >= 0.6 is 0 Å². The number of rotatable bonds is 10. The van der Waals surface area contributed by atoms with Gasteiger partial charge in [-0.25, -0.2) is 0 Å². The van der Waals surface area contributed by atoms with E-state index < -0.39 is 17.7 Å². The minimum absolute atomic E-state index is 0.0582. The molecule has 1 amide bonds. The average Bonchev–Trinajstić information content (AvgIpc) is 3.05. The summed E-state index contributed by atoms with van der Waals surface area (Å²) < 4.78 is 11.3. The van der Waals surface area contributed by atoms with Crippen molar-refractivity contribution in [2.45, 2.75) is 46.1 Å². The second-order valence-electron chi connectivity index (χ2n) is 7.50. The van der Waals surface area contributed by atoms with E-state index in [2.05, 4.69) is 11.9 Å². The second-order valence-corrected chi connectivity index (χ2v) is 7.50. The summed E-state index contributed by atoms with van der Waals surface area (Å²) in [6.45, 7) is 7.08. The highest BCUT2D eigenvalue weighted by atomic mass is 16.5. The fraction of sp³-hybridized carbons (Fsp3) is 0.400. The van der Waals surface area contributed by atoms with Crippen LogP contribution in [0.1, 0.15) is 57.2 Å². The fourth-order valence-corrected chi connectivity index (χ4v) is 3.91. The van der Waals surface area contributed by atoms with Crippen LogP contribution in [0.3, 0.4) is 0 Å². The first-order chi connectivity index (χ1) is 15.5. The molecular weight excluding hydrogens is 408 g/mol. The molecule has 1 aliphatic rings. The lowest BCUT2D eigenvalue weighted by molar-refractivity contribution is -0.139. The van der Waals surface area contributed by atoms with E-state index in [0.717, 1.165) is 24.8 Å². The number of unbranched alkanes of at least 4 members (excludes halogenated alkanes) is 2. The number of hydrogen-bond donors (Lipinski definition) is 1. The largest absolute Gasteiger partial charge is 0.507 e. The van der Waals surface area contributed by atoms with Gasteiger partial charge in [-0.15, -0.1) is 0 Å². The number of ether oxygens (including phenoxy) is 2. The van der Waals surface area contributed by atoms with Crippen molar-refractivity contribution >= 4 is 17.4 Å². The summed E-state index contributed by atoms with van der Waals surface area (Å²) >= 11 is 0. The molecule has 1 aromatic heterocycles. The number of benzene rings is 1. The van der Waals surface area contributed by atoms with Crippen LogP contribution in [0.25, 0.3) is 5.76 Å². The van der Waals surface area contributed by atoms with Crippen molar-refractivity contribution in [2.75, 3.05) is 19.8 Å². The maximum Gasteiger partial charge on any atom is 0.295 e. The Morgan fingerprint density at radius 2 is 1.75 bits per heavy atom. The first-order valence-electron chi connectivity index (χ1n) is 11.1. The Labute approximate surface area is 188 Å². The van der Waals surface area contributed by atoms with Crippen LogP contribution in [0, 0.1) is 0 Å². The molecule has 32 heavy (non-hydrogen) atoms. The number of ketones is 1. The number of likely N-dealkylation sites (tertiary alicyclic amines) is 1. The van der Waals surface area contributed by atoms with Gasteiger partial charge in [0.2, 0.25) is 0 Å². The fourth-order valence-electron chi connectivity index (χ4n) is 3.91. The zero-order valence-corrected chi connectivity index (χ0v) is 18.8. The molecule has 2 aromatic rings. The third-order valence-corrected chi connectivity index (χ3v) is 5.38. The number of carbonyl (C=O) groups excluding carboxylic acids is 2. The number of aromatic nitrogens is 1. The van der Waals surface area contributed by atoms with Crippen molar-refractivity contribution in [3.05, 3.63) is 59.4 Å². The molecule has 0 saturated carbocycles. The van der Waals surface area contributed by atoms with E-state index in [1.54, 1.807) is 47.6 Å². The van der Waals surface area contributed by atoms with Crippen molar-refractivity contribution < 1.29 is 24.2 Å². The lowest BCUT2D eigenvalue weighted by atomic mass is 9.95. The topological polar surface area (TPSA) is 89.0 Å². The summed E-state index contributed by atoms with van der Waals surface area (Å²) in [5, 5.41) is 11.3. The van der Waals surface area contributed by atoms with Gasteiger partial charge in [0.1, 0.15) is 17.3 Å². The van der Waals surface area contributed by atoms with Crippen molar-refractivity contribution in [1.29, 1.82) is 0 Å². The highest BCUT2D eigenvalue weighted by Crippen LogP contribution is 2.41. The molecule has 7 nitrogen and oxygen atoms in total. The number of aliphatic hydroxyl groups excluding tert-OH is 1. The summed E-state index contributed by atoms with van der Waals surface area (Å²) in [7, 11) is 0. The van der Waals surface area contributed by atoms with Crippen LogP contribution in [0.15, 0.2) is 48.3 Å². The molecule has 0 radical (unpaired) electrons. The van der Waals surface area contributed by atoms with Gasteiger partial charge in [0.15, 0.2) is 0 Å². The highest BCUT2D eigenvalue weighted by Gasteiger charge is 2.46. The van der Waals surface area contributed by atoms with Gasteiger partial charge in [0.05, 0.1) is 30.4 Å². The van der Waals surface area contributed by atoms with Gasteiger partial charge in [-0.1, -0.05) is 19.8 Å². The summed E-state index contributed by atoms with van der Waals surface area (Å²) in [5.74, 6) is -0.569. The van der Waals surface area contributed by atoms with Crippen molar-refractivity contribution in [1.82, 2.24) is 9.88 Å². The van der Waals surface area contributed by atoms with Crippen molar-refractivity contribution in [3.8, 4) is 11.5 Å². The van der Waals surface area contributed by atoms with Crippen LogP contribution < -0.4 is 9.47 Å². The van der Waals surface area contributed by atoms with Gasteiger partial charge in [0, 0.05) is 25.0 Å². The van der Waals surface area contributed by atoms with Gasteiger partial charge >= 0.3 is 0 Å². The highest BCUT2D eigenvalue weighted by molar-refractivity contribution is 6.46. The number of amides is 1. The Morgan fingerprint density at radius 3 is 2.41 bits per heavy atom. The van der Waals surface area contributed by atoms with E-state index in [0.29, 0.717) is 36.8 Å². The molecule has 1 saturated heterocycles. The van der Waals surface area contributed by atoms with Gasteiger partial charge < -0.3 is 19.5 Å². The van der Waals surface area contributed by atoms with E-state index in [4.69, 9.17) is 9.47 Å². The Balaban J connectivity index is 2.13. The standard InChI is InChI=1S/C25H30N2O5/c1-4-7-8-15-27-22(17-11-13-26-14-12-17)21(24(29)25(27)30)23(28)19-10-9-18(31-5-2)16-20(19)32-6-3/h9-14,16,22,28H,4-8,15H2,1-3H3/b23-21-. The minimum Gasteiger partial charge on any atom is -0.507 e. The lowest BCUT2D eigenvalue weighted by Crippen LogP contribution is -2.30. The number of hydrogen-bond acceptors (Lipinski definition) is 6. The SMILES string of the molecule is CCCCCN1C(=O)C(=O)/C(=C(\O)c2ccc(OCC)cc2OCC)C1c1ccncc1. The molecule has 7 heteroatoms. The summed E-state index contributed by atoms with van der Waals surface area (Å²) in [6.07, 6.45) is 5.94. The number of aliphatic hydroxyl groups is 1. The predicted molar refractivity (Wildman–Crippen MR) is 122 cm³/mol. The van der Waals surface area contributed by atoms with Crippen LogP contribution in [0.5, 0.6) is 11.5 Å². The van der Waals surface area contributed by atoms with Gasteiger partial charge in [-0.2, -0.15) is 0 Å². The zero-order valence-electron chi connectivity index (χ0n) is 18.8. The molecule has 0 bridgehead atoms. The summed E-state index contributed by atoms with van der Waals surface area (Å²) in [6, 6.07) is 7.88. The molecule has 1 unspecified atom stereocenters. The molecule has 1 fully saturated rings. The van der Waals surface area contributed by atoms with E-state index in [1.165, 1.54) is 0 Å². The number of Topliss-reactive ketones (excluding diaryl/α,β-unsaturated/α-hetero) is 1. The lowest BCUT2D eigenvalue weighted by Gasteiger charge is -2.25. The van der Waals surface area contributed by atoms with Crippen LogP contribution in [0.4, 0.5) is 0 Å². The van der Waals surface area contributed by atoms with Crippen molar-refractivity contribution in [2.24, 2.45) is 0 Å². The Hall–Kier alpha value is -3.35. The van der Waals surface area contributed by atoms with Gasteiger partial charge in [-0.3, -0.25) is 14.6 Å². The Morgan fingerprint density at radius 1 is 1.03 bits per heavy atom. The van der Waals surface area contributed by atoms with Crippen molar-refractivity contribution in [3.63, 3.8) is 0 Å². The Bertz CT molecular complexity index is 987. The van der Waals surface area contributed by atoms with E-state index in [9.17, 15) is 14.7 Å². The quantitative estimate of drug-likeness (QED) is 0.254. The number of nitrogens with zero attached hydrogens (tertiary/aromatic N) is 2. The normalized spacial score (nSPS) is 17.6. The third kappa shape index (κ3) is 4.77. The average molecular weight is 439 g/mol. The molecule has 2 heterocycles. The number of carbonyl (C=O) groups is 2. The minimum atomic E-state index is -0.697. The smallest absolute Gasteiger partial charge is 0.295 e. The number of pyridine rings is 1. The summed E-state index contributed by atoms with van der Waals surface area (Å²) in [4.78, 5) is 31.6. The summed E-state index contributed by atoms with van der Waals surface area (Å²) in [5.41, 5.74) is 1.13. The molecule has 170 valence electrons. The Kier molecular flexibility index (Phi) is 7.87. The molecule has 1 aromatic carbocycles. The first kappa shape index (κ1) is 23.3. The molecule has 1 aliphatic heterocycles. The van der Waals surface area contributed by atoms with Gasteiger partial charge in [-0.05, 0) is 50.1 Å². The molecule has 1 N–H and O–H groups in total. The monoisotopic (exact) mass is 438 g/mol. The third-order valence-electron chi connectivity index (χ3n) is 5.38. The van der Waals surface area contributed by atoms with E-state index >= 15 is 0 Å². The zero-order chi connectivity index (χ0) is 23.1. The second kappa shape index (κ2) is 10.8. The van der Waals surface area contributed by atoms with E-state index in [1.807, 2.05) is 13.8 Å². The molecule has 0 aliphatic carbocycles. The molecule has 1 atom stereocenters. The predicted octanol–water partition coefficient (Wildman–Crippen LogP) is 4.49. The van der Waals surface area contributed by atoms with Crippen LogP contribution in [-0.2, 0) is 9.59 Å². The van der Waals surface area contributed by atoms with Crippen LogP contribution in [0.2, 0.25) is 0 Å². The van der Waals surface area contributed by atoms with E-state index in [-0.39, 0.29) is 11.3 Å². The first-order valence-corrected chi connectivity index (χ1v) is 11.1. The maximum atomic E-state index is 13.1. The molecule has 0 spiro atoms. The maximum absolute atomic E-state index is 13.1. The van der Waals surface area contributed by atoms with Gasteiger partial charge in [0.25, 0.3) is 11.7 Å². The molecular formula is C25H30N2O5.